The predicted molar refractivity (Wildman–Crippen MR) is 308 cm³/mol. The van der Waals surface area contributed by atoms with Crippen molar-refractivity contribution in [1.82, 2.24) is 0 Å². The van der Waals surface area contributed by atoms with Gasteiger partial charge in [-0.15, -0.1) is 0 Å². The van der Waals surface area contributed by atoms with Gasteiger partial charge in [0.2, 0.25) is 0 Å². The van der Waals surface area contributed by atoms with Crippen LogP contribution < -0.4 is 9.80 Å². The summed E-state index contributed by atoms with van der Waals surface area (Å²) in [7, 11) is 0. The highest BCUT2D eigenvalue weighted by molar-refractivity contribution is 6.23. The lowest BCUT2D eigenvalue weighted by Crippen LogP contribution is -2.09. The minimum absolute atomic E-state index is 1.11. The van der Waals surface area contributed by atoms with E-state index < -0.39 is 0 Å². The van der Waals surface area contributed by atoms with Gasteiger partial charge in [0.05, 0.1) is 0 Å². The van der Waals surface area contributed by atoms with E-state index in [-0.39, 0.29) is 0 Å². The number of benzene rings is 13. The van der Waals surface area contributed by atoms with Gasteiger partial charge in [-0.1, -0.05) is 194 Å². The van der Waals surface area contributed by atoms with Gasteiger partial charge in [-0.3, -0.25) is 0 Å². The van der Waals surface area contributed by atoms with Gasteiger partial charge in [0, 0.05) is 34.1 Å². The molecule has 0 atom stereocenters. The van der Waals surface area contributed by atoms with E-state index >= 15 is 0 Å². The molecule has 0 aliphatic carbocycles. The van der Waals surface area contributed by atoms with Crippen molar-refractivity contribution in [3.8, 4) is 44.5 Å². The van der Waals surface area contributed by atoms with Crippen molar-refractivity contribution >= 4 is 77.2 Å². The summed E-state index contributed by atoms with van der Waals surface area (Å²) in [5, 5.41) is 9.77. The summed E-state index contributed by atoms with van der Waals surface area (Å²) in [4.78, 5) is 4.63. The summed E-state index contributed by atoms with van der Waals surface area (Å²) in [6.45, 7) is 0. The molecule has 13 rings (SSSR count). The minimum Gasteiger partial charge on any atom is -0.311 e. The molecule has 72 heavy (non-hydrogen) atoms. The molecule has 0 spiro atoms. The summed E-state index contributed by atoms with van der Waals surface area (Å²) in [6.07, 6.45) is 0. The van der Waals surface area contributed by atoms with Crippen LogP contribution in [0.2, 0.25) is 0 Å². The van der Waals surface area contributed by atoms with Crippen molar-refractivity contribution in [1.29, 1.82) is 0 Å². The van der Waals surface area contributed by atoms with Crippen LogP contribution in [0.3, 0.4) is 0 Å². The Morgan fingerprint density at radius 1 is 0.167 bits per heavy atom. The molecule has 0 heterocycles. The normalized spacial score (nSPS) is 11.3. The minimum atomic E-state index is 1.11. The Balaban J connectivity index is 1.01. The molecule has 338 valence electrons. The molecule has 2 nitrogen and oxygen atoms in total. The largest absolute Gasteiger partial charge is 0.311 e. The molecule has 13 aromatic rings. The summed E-state index contributed by atoms with van der Waals surface area (Å²) in [5.41, 5.74) is 16.2. The van der Waals surface area contributed by atoms with Crippen LogP contribution in [0.25, 0.3) is 87.6 Å². The lowest BCUT2D eigenvalue weighted by molar-refractivity contribution is 1.28. The Labute approximate surface area is 420 Å². The number of rotatable bonds is 10. The SMILES string of the molecule is c1ccc(N(c2ccccc2)c2ccc(-c3ccc4c(-c5ccc6ccccc6c5)c5cc(-c6ccc(N(c7ccccc7)c7ccccc7)cc6)ccc5c(-c5ccc6ccccc6c5)c4c3)cc2)cc1. The smallest absolute Gasteiger partial charge is 0.0462 e. The molecule has 13 aromatic carbocycles. The van der Waals surface area contributed by atoms with Gasteiger partial charge in [-0.05, 0) is 185 Å². The monoisotopic (exact) mass is 916 g/mol. The predicted octanol–water partition coefficient (Wildman–Crippen LogP) is 19.9. The fourth-order valence-electron chi connectivity index (χ4n) is 10.7. The van der Waals surface area contributed by atoms with Crippen molar-refractivity contribution in [3.05, 3.63) is 291 Å². The fraction of sp³-hybridized carbons (Fsp3) is 0. The van der Waals surface area contributed by atoms with Crippen molar-refractivity contribution in [2.45, 2.75) is 0 Å². The van der Waals surface area contributed by atoms with Crippen LogP contribution >= 0.6 is 0 Å². The molecular weight excluding hydrogens is 869 g/mol. The number of hydrogen-bond acceptors (Lipinski definition) is 2. The van der Waals surface area contributed by atoms with E-state index in [2.05, 4.69) is 301 Å². The number of anilines is 6. The van der Waals surface area contributed by atoms with Crippen LogP contribution in [0.1, 0.15) is 0 Å². The first-order valence-corrected chi connectivity index (χ1v) is 24.7. The van der Waals surface area contributed by atoms with Gasteiger partial charge < -0.3 is 9.80 Å². The van der Waals surface area contributed by atoms with E-state index in [4.69, 9.17) is 0 Å². The van der Waals surface area contributed by atoms with Gasteiger partial charge >= 0.3 is 0 Å². The van der Waals surface area contributed by atoms with Gasteiger partial charge in [-0.25, -0.2) is 0 Å². The van der Waals surface area contributed by atoms with E-state index in [1.165, 1.54) is 76.5 Å². The first-order valence-electron chi connectivity index (χ1n) is 24.7. The summed E-state index contributed by atoms with van der Waals surface area (Å²) in [6, 6.07) is 106. The van der Waals surface area contributed by atoms with E-state index in [0.29, 0.717) is 0 Å². The average molecular weight is 917 g/mol. The van der Waals surface area contributed by atoms with Crippen molar-refractivity contribution in [2.24, 2.45) is 0 Å². The van der Waals surface area contributed by atoms with Crippen LogP contribution in [0, 0.1) is 0 Å². The Morgan fingerprint density at radius 3 is 0.792 bits per heavy atom. The fourth-order valence-corrected chi connectivity index (χ4v) is 10.7. The first-order chi connectivity index (χ1) is 35.7. The van der Waals surface area contributed by atoms with Crippen molar-refractivity contribution in [2.75, 3.05) is 9.80 Å². The van der Waals surface area contributed by atoms with Crippen LogP contribution in [-0.2, 0) is 0 Å². The topological polar surface area (TPSA) is 6.48 Å². The molecule has 0 fully saturated rings. The molecule has 0 aliphatic rings. The molecule has 0 saturated carbocycles. The number of nitrogens with zero attached hydrogens (tertiary/aromatic N) is 2. The van der Waals surface area contributed by atoms with E-state index in [0.717, 1.165) is 45.3 Å². The van der Waals surface area contributed by atoms with Crippen molar-refractivity contribution < 1.29 is 0 Å². The standard InChI is InChI=1S/C70H48N2/c1-5-21-59(22-6-1)71(60-23-7-2-8-24-60)63-39-33-51(34-40-63)55-37-43-65-67(47-55)69(57-31-29-49-17-13-15-19-53(49)45-57)66-44-38-56(48-68(66)70(65)58-32-30-50-18-14-16-20-54(50)46-58)52-35-41-64(42-36-52)72(61-25-9-3-10-26-61)62-27-11-4-12-28-62/h1-48H. The average Bonchev–Trinajstić information content (AvgIpc) is 3.45. The second-order valence-corrected chi connectivity index (χ2v) is 18.5. The highest BCUT2D eigenvalue weighted by atomic mass is 15.1. The van der Waals surface area contributed by atoms with Gasteiger partial charge in [-0.2, -0.15) is 0 Å². The third kappa shape index (κ3) is 7.92. The van der Waals surface area contributed by atoms with Crippen LogP contribution in [-0.4, -0.2) is 0 Å². The molecule has 2 heteroatoms. The summed E-state index contributed by atoms with van der Waals surface area (Å²) >= 11 is 0. The Bertz CT molecular complexity index is 3710. The zero-order valence-corrected chi connectivity index (χ0v) is 39.6. The Kier molecular flexibility index (Phi) is 10.9. The quantitative estimate of drug-likeness (QED) is 0.126. The van der Waals surface area contributed by atoms with Gasteiger partial charge in [0.15, 0.2) is 0 Å². The summed E-state index contributed by atoms with van der Waals surface area (Å²) in [5.74, 6) is 0. The van der Waals surface area contributed by atoms with Gasteiger partial charge in [0.25, 0.3) is 0 Å². The molecule has 0 aromatic heterocycles. The highest BCUT2D eigenvalue weighted by Crippen LogP contribution is 2.47. The maximum absolute atomic E-state index is 2.43. The number of fused-ring (bicyclic) bond motifs is 4. The molecule has 0 N–H and O–H groups in total. The zero-order valence-electron chi connectivity index (χ0n) is 39.6. The lowest BCUT2D eigenvalue weighted by atomic mass is 9.83. The lowest BCUT2D eigenvalue weighted by Gasteiger charge is -2.25. The molecule has 0 aliphatic heterocycles. The third-order valence-electron chi connectivity index (χ3n) is 14.2. The third-order valence-corrected chi connectivity index (χ3v) is 14.2. The molecule has 0 unspecified atom stereocenters. The Hall–Kier alpha value is -9.50. The number of hydrogen-bond donors (Lipinski definition) is 0. The van der Waals surface area contributed by atoms with E-state index in [1.54, 1.807) is 0 Å². The zero-order chi connectivity index (χ0) is 47.8. The second-order valence-electron chi connectivity index (χ2n) is 18.5. The maximum Gasteiger partial charge on any atom is 0.0462 e. The molecule has 0 bridgehead atoms. The molecule has 0 amide bonds. The Morgan fingerprint density at radius 2 is 0.444 bits per heavy atom. The number of para-hydroxylation sites is 4. The van der Waals surface area contributed by atoms with Crippen LogP contribution in [0.4, 0.5) is 34.1 Å². The first kappa shape index (κ1) is 42.6. The van der Waals surface area contributed by atoms with Crippen LogP contribution in [0.5, 0.6) is 0 Å². The van der Waals surface area contributed by atoms with Crippen LogP contribution in [0.15, 0.2) is 291 Å². The van der Waals surface area contributed by atoms with Crippen molar-refractivity contribution in [3.63, 3.8) is 0 Å². The summed E-state index contributed by atoms with van der Waals surface area (Å²) < 4.78 is 0. The maximum atomic E-state index is 2.43. The van der Waals surface area contributed by atoms with Gasteiger partial charge in [0.1, 0.15) is 0 Å². The molecule has 0 radical (unpaired) electrons. The molecule has 0 saturated heterocycles. The van der Waals surface area contributed by atoms with E-state index in [9.17, 15) is 0 Å². The highest BCUT2D eigenvalue weighted by Gasteiger charge is 2.21. The van der Waals surface area contributed by atoms with E-state index in [1.807, 2.05) is 0 Å². The molecular formula is C70H48N2. The second kappa shape index (κ2) is 18.4.